The number of carbonyl (C=O) groups is 1. The van der Waals surface area contributed by atoms with Crippen LogP contribution in [0.2, 0.25) is 5.02 Å². The average Bonchev–Trinajstić information content (AvgIpc) is 3.04. The van der Waals surface area contributed by atoms with E-state index in [0.717, 1.165) is 17.7 Å². The Morgan fingerprint density at radius 2 is 2.04 bits per heavy atom. The number of oxazole rings is 1. The van der Waals surface area contributed by atoms with Gasteiger partial charge < -0.3 is 9.73 Å². The van der Waals surface area contributed by atoms with Crippen LogP contribution in [0.4, 0.5) is 14.5 Å². The second kappa shape index (κ2) is 7.66. The maximum absolute atomic E-state index is 13.8. The van der Waals surface area contributed by atoms with Crippen LogP contribution in [0.5, 0.6) is 0 Å². The number of nitrogens with one attached hydrogen (secondary N) is 1. The topological polar surface area (TPSA) is 55.1 Å². The van der Waals surface area contributed by atoms with Crippen molar-refractivity contribution in [1.29, 1.82) is 0 Å². The lowest BCUT2D eigenvalue weighted by molar-refractivity contribution is -0.116. The molecule has 0 radical (unpaired) electrons. The van der Waals surface area contributed by atoms with Crippen molar-refractivity contribution in [2.45, 2.75) is 19.8 Å². The number of halogens is 3. The number of benzene rings is 2. The molecule has 4 nitrogen and oxygen atoms in total. The predicted octanol–water partition coefficient (Wildman–Crippen LogP) is 5.15. The number of rotatable bonds is 5. The first-order chi connectivity index (χ1) is 12.4. The summed E-state index contributed by atoms with van der Waals surface area (Å²) in [5, 5.41) is 3.39. The van der Waals surface area contributed by atoms with E-state index in [0.29, 0.717) is 16.6 Å². The van der Waals surface area contributed by atoms with Gasteiger partial charge in [0.2, 0.25) is 5.91 Å². The number of aromatic nitrogens is 1. The molecule has 2 aromatic carbocycles. The third-order valence-electron chi connectivity index (χ3n) is 3.78. The quantitative estimate of drug-likeness (QED) is 0.669. The molecule has 0 unspecified atom stereocenters. The zero-order valence-electron chi connectivity index (χ0n) is 13.9. The van der Waals surface area contributed by atoms with Gasteiger partial charge in [-0.25, -0.2) is 13.8 Å². The van der Waals surface area contributed by atoms with E-state index in [9.17, 15) is 13.6 Å². The van der Waals surface area contributed by atoms with Gasteiger partial charge in [-0.2, -0.15) is 0 Å². The second-order valence-electron chi connectivity index (χ2n) is 5.75. The molecule has 0 aliphatic carbocycles. The lowest BCUT2D eigenvalue weighted by Crippen LogP contribution is -2.13. The van der Waals surface area contributed by atoms with Gasteiger partial charge in [-0.3, -0.25) is 4.79 Å². The van der Waals surface area contributed by atoms with E-state index in [2.05, 4.69) is 10.3 Å². The summed E-state index contributed by atoms with van der Waals surface area (Å²) in [4.78, 5) is 16.1. The molecule has 0 saturated carbocycles. The van der Waals surface area contributed by atoms with Crippen molar-refractivity contribution in [3.05, 3.63) is 70.7 Å². The largest absolute Gasteiger partial charge is 0.441 e. The fourth-order valence-electron chi connectivity index (χ4n) is 2.44. The van der Waals surface area contributed by atoms with Gasteiger partial charge >= 0.3 is 0 Å². The minimum absolute atomic E-state index is 0.117. The fraction of sp³-hybridized carbons (Fsp3) is 0.158. The molecular weight excluding hydrogens is 362 g/mol. The van der Waals surface area contributed by atoms with E-state index < -0.39 is 11.6 Å². The van der Waals surface area contributed by atoms with Crippen LogP contribution in [0.15, 0.2) is 47.0 Å². The molecule has 1 amide bonds. The zero-order chi connectivity index (χ0) is 18.7. The van der Waals surface area contributed by atoms with Crippen LogP contribution < -0.4 is 5.32 Å². The molecule has 26 heavy (non-hydrogen) atoms. The maximum Gasteiger partial charge on any atom is 0.224 e. The summed E-state index contributed by atoms with van der Waals surface area (Å²) in [6.07, 6.45) is 1.75. The van der Waals surface area contributed by atoms with Crippen LogP contribution in [-0.2, 0) is 11.2 Å². The summed E-state index contributed by atoms with van der Waals surface area (Å²) < 4.78 is 32.2. The Morgan fingerprint density at radius 1 is 1.23 bits per heavy atom. The van der Waals surface area contributed by atoms with Crippen LogP contribution >= 0.6 is 11.6 Å². The Balaban J connectivity index is 1.61. The molecule has 3 rings (SSSR count). The zero-order valence-corrected chi connectivity index (χ0v) is 14.6. The highest BCUT2D eigenvalue weighted by Gasteiger charge is 2.13. The van der Waals surface area contributed by atoms with Gasteiger partial charge in [0.05, 0.1) is 11.8 Å². The molecule has 134 valence electrons. The first-order valence-corrected chi connectivity index (χ1v) is 8.26. The van der Waals surface area contributed by atoms with Crippen molar-refractivity contribution >= 4 is 23.2 Å². The monoisotopic (exact) mass is 376 g/mol. The van der Waals surface area contributed by atoms with Crippen LogP contribution in [0.3, 0.4) is 0 Å². The summed E-state index contributed by atoms with van der Waals surface area (Å²) >= 11 is 5.89. The summed E-state index contributed by atoms with van der Waals surface area (Å²) in [5.41, 5.74) is 1.66. The highest BCUT2D eigenvalue weighted by molar-refractivity contribution is 6.30. The van der Waals surface area contributed by atoms with Crippen molar-refractivity contribution in [3.8, 4) is 11.3 Å². The maximum atomic E-state index is 13.8. The Labute approximate surface area is 153 Å². The smallest absolute Gasteiger partial charge is 0.224 e. The third-order valence-corrected chi connectivity index (χ3v) is 4.01. The number of anilines is 1. The molecule has 0 spiro atoms. The number of aryl methyl sites for hydroxylation is 2. The summed E-state index contributed by atoms with van der Waals surface area (Å²) in [6, 6.07) is 8.39. The molecule has 1 N–H and O–H groups in total. The second-order valence-corrected chi connectivity index (χ2v) is 6.19. The molecule has 0 fully saturated rings. The number of hydrogen-bond donors (Lipinski definition) is 1. The van der Waals surface area contributed by atoms with Gasteiger partial charge in [-0.05, 0) is 42.8 Å². The normalized spacial score (nSPS) is 10.8. The van der Waals surface area contributed by atoms with Gasteiger partial charge in [0.1, 0.15) is 11.6 Å². The molecule has 0 saturated heterocycles. The Bertz CT molecular complexity index is 956. The van der Waals surface area contributed by atoms with E-state index in [1.807, 2.05) is 6.92 Å². The van der Waals surface area contributed by atoms with Crippen molar-refractivity contribution < 1.29 is 18.0 Å². The first-order valence-electron chi connectivity index (χ1n) is 7.88. The lowest BCUT2D eigenvalue weighted by atomic mass is 10.2. The summed E-state index contributed by atoms with van der Waals surface area (Å²) in [6.45, 7) is 1.85. The highest BCUT2D eigenvalue weighted by atomic mass is 35.5. The molecule has 1 heterocycles. The van der Waals surface area contributed by atoms with E-state index >= 15 is 0 Å². The molecular formula is C19H15ClF2N2O2. The van der Waals surface area contributed by atoms with Crippen molar-refractivity contribution in [2.24, 2.45) is 0 Å². The fourth-order valence-corrected chi connectivity index (χ4v) is 2.67. The van der Waals surface area contributed by atoms with Crippen molar-refractivity contribution in [1.82, 2.24) is 4.98 Å². The van der Waals surface area contributed by atoms with Crippen LogP contribution in [0.1, 0.15) is 17.9 Å². The third kappa shape index (κ3) is 4.26. The van der Waals surface area contributed by atoms with Crippen LogP contribution in [-0.4, -0.2) is 10.9 Å². The number of nitrogens with zero attached hydrogens (tertiary/aromatic N) is 1. The number of carbonyl (C=O) groups excluding carboxylic acids is 1. The Kier molecular flexibility index (Phi) is 5.32. The standard InChI is InChI=1S/C19H15ClF2N2O2/c1-11-8-12(20)2-5-16(11)24-18(25)6-7-19-23-10-17(26-19)14-4-3-13(21)9-15(14)22/h2-5,8-10H,6-7H2,1H3,(H,24,25). The number of hydrogen-bond acceptors (Lipinski definition) is 3. The SMILES string of the molecule is Cc1cc(Cl)ccc1NC(=O)CCc1ncc(-c2ccc(F)cc2F)o1. The van der Waals surface area contributed by atoms with Gasteiger partial charge in [0.25, 0.3) is 0 Å². The van der Waals surface area contributed by atoms with Gasteiger partial charge in [-0.15, -0.1) is 0 Å². The number of amides is 1. The highest BCUT2D eigenvalue weighted by Crippen LogP contribution is 2.25. The van der Waals surface area contributed by atoms with Gasteiger partial charge in [-0.1, -0.05) is 11.6 Å². The minimum atomic E-state index is -0.733. The molecule has 0 aliphatic rings. The summed E-state index contributed by atoms with van der Waals surface area (Å²) in [5.74, 6) is -1.12. The first kappa shape index (κ1) is 18.1. The molecule has 3 aromatic rings. The van der Waals surface area contributed by atoms with E-state index in [-0.39, 0.29) is 30.1 Å². The van der Waals surface area contributed by atoms with E-state index in [4.69, 9.17) is 16.0 Å². The van der Waals surface area contributed by atoms with E-state index in [1.165, 1.54) is 12.3 Å². The summed E-state index contributed by atoms with van der Waals surface area (Å²) in [7, 11) is 0. The minimum Gasteiger partial charge on any atom is -0.441 e. The molecule has 0 atom stereocenters. The van der Waals surface area contributed by atoms with Gasteiger partial charge in [0.15, 0.2) is 11.7 Å². The Morgan fingerprint density at radius 3 is 2.77 bits per heavy atom. The Hall–Kier alpha value is -2.73. The molecule has 0 bridgehead atoms. The van der Waals surface area contributed by atoms with E-state index in [1.54, 1.807) is 18.2 Å². The van der Waals surface area contributed by atoms with Crippen molar-refractivity contribution in [2.75, 3.05) is 5.32 Å². The molecule has 7 heteroatoms. The van der Waals surface area contributed by atoms with Crippen LogP contribution in [0.25, 0.3) is 11.3 Å². The van der Waals surface area contributed by atoms with Gasteiger partial charge in [0, 0.05) is 29.6 Å². The van der Waals surface area contributed by atoms with Crippen LogP contribution in [0, 0.1) is 18.6 Å². The lowest BCUT2D eigenvalue weighted by Gasteiger charge is -2.08. The molecule has 1 aromatic heterocycles. The molecule has 0 aliphatic heterocycles. The average molecular weight is 377 g/mol. The predicted molar refractivity (Wildman–Crippen MR) is 95.0 cm³/mol. The van der Waals surface area contributed by atoms with Crippen molar-refractivity contribution in [3.63, 3.8) is 0 Å².